The van der Waals surface area contributed by atoms with Crippen LogP contribution in [0.2, 0.25) is 0 Å². The molecule has 3 aromatic rings. The number of anilines is 1. The topological polar surface area (TPSA) is 82.6 Å². The first-order chi connectivity index (χ1) is 13.9. The molecule has 0 saturated carbocycles. The van der Waals surface area contributed by atoms with Crippen LogP contribution in [0.1, 0.15) is 12.1 Å². The second kappa shape index (κ2) is 7.81. The Balaban J connectivity index is 1.65. The summed E-state index contributed by atoms with van der Waals surface area (Å²) in [6, 6.07) is 10.8. The molecule has 1 N–H and O–H groups in total. The number of aromatic amines is 1. The summed E-state index contributed by atoms with van der Waals surface area (Å²) in [6.45, 7) is 4.10. The van der Waals surface area contributed by atoms with Gasteiger partial charge >= 0.3 is 0 Å². The number of thioether (sulfide) groups is 1. The second-order valence-corrected chi connectivity index (χ2v) is 11.0. The van der Waals surface area contributed by atoms with Gasteiger partial charge in [0.15, 0.2) is 5.78 Å². The number of thiophene rings is 1. The molecule has 3 heterocycles. The smallest absolute Gasteiger partial charge is 0.273 e. The van der Waals surface area contributed by atoms with Gasteiger partial charge in [0.05, 0.1) is 23.4 Å². The van der Waals surface area contributed by atoms with E-state index in [1.54, 1.807) is 42.4 Å². The van der Waals surface area contributed by atoms with Crippen LogP contribution in [0.3, 0.4) is 0 Å². The Morgan fingerprint density at radius 2 is 2.21 bits per heavy atom. The van der Waals surface area contributed by atoms with Gasteiger partial charge in [-0.3, -0.25) is 14.1 Å². The van der Waals surface area contributed by atoms with Gasteiger partial charge in [-0.25, -0.2) is 8.42 Å². The highest BCUT2D eigenvalue weighted by Crippen LogP contribution is 2.34. The highest BCUT2D eigenvalue weighted by atomic mass is 32.2. The van der Waals surface area contributed by atoms with E-state index in [9.17, 15) is 13.2 Å². The average molecular weight is 446 g/mol. The number of rotatable bonds is 7. The molecule has 0 saturated heterocycles. The number of sulfonamides is 1. The summed E-state index contributed by atoms with van der Waals surface area (Å²) in [5, 5.41) is 3.58. The van der Waals surface area contributed by atoms with Crippen LogP contribution in [-0.2, 0) is 14.8 Å². The molecule has 1 aromatic carbocycles. The van der Waals surface area contributed by atoms with Crippen LogP contribution in [-0.4, -0.2) is 43.1 Å². The Morgan fingerprint density at radius 1 is 1.38 bits per heavy atom. The SMILES string of the molecule is C=CC(=O)CC1CN=C(c2cc3cccc(N(C)S(=O)(=O)c4cccs4)c3[nH]2)S1. The number of fused-ring (bicyclic) bond motifs is 1. The van der Waals surface area contributed by atoms with E-state index in [-0.39, 0.29) is 11.0 Å². The summed E-state index contributed by atoms with van der Waals surface area (Å²) < 4.78 is 27.5. The Hall–Kier alpha value is -2.36. The Bertz CT molecular complexity index is 1210. The van der Waals surface area contributed by atoms with Crippen molar-refractivity contribution in [3.63, 3.8) is 0 Å². The number of nitrogens with zero attached hydrogens (tertiary/aromatic N) is 2. The second-order valence-electron chi connectivity index (χ2n) is 6.59. The van der Waals surface area contributed by atoms with Crippen LogP contribution in [0.25, 0.3) is 10.9 Å². The lowest BCUT2D eigenvalue weighted by atomic mass is 10.2. The van der Waals surface area contributed by atoms with Crippen molar-refractivity contribution in [2.45, 2.75) is 15.9 Å². The van der Waals surface area contributed by atoms with E-state index in [2.05, 4.69) is 16.6 Å². The molecule has 9 heteroatoms. The van der Waals surface area contributed by atoms with Crippen LogP contribution in [0.5, 0.6) is 0 Å². The summed E-state index contributed by atoms with van der Waals surface area (Å²) in [5.74, 6) is 0.0123. The predicted molar refractivity (Wildman–Crippen MR) is 121 cm³/mol. The molecule has 1 unspecified atom stereocenters. The van der Waals surface area contributed by atoms with Gasteiger partial charge in [-0.1, -0.05) is 36.5 Å². The summed E-state index contributed by atoms with van der Waals surface area (Å²) in [4.78, 5) is 19.5. The summed E-state index contributed by atoms with van der Waals surface area (Å²) >= 11 is 2.75. The van der Waals surface area contributed by atoms with Crippen molar-refractivity contribution in [2.75, 3.05) is 17.9 Å². The largest absolute Gasteiger partial charge is 0.351 e. The van der Waals surface area contributed by atoms with Crippen LogP contribution >= 0.6 is 23.1 Å². The fourth-order valence-electron chi connectivity index (χ4n) is 3.17. The maximum atomic E-state index is 12.9. The molecule has 0 radical (unpaired) electrons. The maximum Gasteiger partial charge on any atom is 0.273 e. The quantitative estimate of drug-likeness (QED) is 0.556. The molecule has 0 spiro atoms. The fraction of sp³-hybridized carbons (Fsp3) is 0.200. The van der Waals surface area contributed by atoms with Gasteiger partial charge in [-0.05, 0) is 29.7 Å². The van der Waals surface area contributed by atoms with Crippen LogP contribution < -0.4 is 4.31 Å². The molecule has 1 aliphatic heterocycles. The monoisotopic (exact) mass is 445 g/mol. The van der Waals surface area contributed by atoms with Crippen molar-refractivity contribution in [1.82, 2.24) is 4.98 Å². The number of H-pyrrole nitrogens is 1. The van der Waals surface area contributed by atoms with Crippen LogP contribution in [0.15, 0.2) is 63.6 Å². The van der Waals surface area contributed by atoms with Gasteiger partial charge in [-0.15, -0.1) is 11.3 Å². The highest BCUT2D eigenvalue weighted by Gasteiger charge is 2.26. The molecule has 0 aliphatic carbocycles. The lowest BCUT2D eigenvalue weighted by Crippen LogP contribution is -2.26. The lowest BCUT2D eigenvalue weighted by molar-refractivity contribution is -0.114. The molecular formula is C20H19N3O3S3. The van der Waals surface area contributed by atoms with Gasteiger partial charge in [0, 0.05) is 24.1 Å². The first-order valence-corrected chi connectivity index (χ1v) is 12.1. The number of aromatic nitrogens is 1. The molecule has 6 nitrogen and oxygen atoms in total. The summed E-state index contributed by atoms with van der Waals surface area (Å²) in [7, 11) is -2.07. The molecule has 150 valence electrons. The van der Waals surface area contributed by atoms with Crippen LogP contribution in [0, 0.1) is 0 Å². The zero-order valence-corrected chi connectivity index (χ0v) is 18.1. The first kappa shape index (κ1) is 19.9. The van der Waals surface area contributed by atoms with Crippen molar-refractivity contribution < 1.29 is 13.2 Å². The maximum absolute atomic E-state index is 12.9. The third kappa shape index (κ3) is 3.77. The molecule has 1 atom stereocenters. The third-order valence-corrected chi connectivity index (χ3v) is 9.05. The first-order valence-electron chi connectivity index (χ1n) is 8.91. The Labute approximate surface area is 177 Å². The highest BCUT2D eigenvalue weighted by molar-refractivity contribution is 8.15. The molecule has 1 aliphatic rings. The Morgan fingerprint density at radius 3 is 2.93 bits per heavy atom. The van der Waals surface area contributed by atoms with Gasteiger partial charge in [-0.2, -0.15) is 0 Å². The number of hydrogen-bond acceptors (Lipinski definition) is 6. The fourth-order valence-corrected chi connectivity index (χ4v) is 6.64. The molecule has 0 amide bonds. The van der Waals surface area contributed by atoms with E-state index in [0.717, 1.165) is 21.6 Å². The van der Waals surface area contributed by atoms with Crippen molar-refractivity contribution in [3.8, 4) is 0 Å². The predicted octanol–water partition coefficient (Wildman–Crippen LogP) is 4.06. The van der Waals surface area contributed by atoms with E-state index in [0.29, 0.717) is 22.9 Å². The minimum Gasteiger partial charge on any atom is -0.351 e. The van der Waals surface area contributed by atoms with Gasteiger partial charge in [0.2, 0.25) is 0 Å². The van der Waals surface area contributed by atoms with E-state index < -0.39 is 10.0 Å². The van der Waals surface area contributed by atoms with Gasteiger partial charge in [0.25, 0.3) is 10.0 Å². The number of nitrogens with one attached hydrogen (secondary N) is 1. The third-order valence-electron chi connectivity index (χ3n) is 4.69. The minimum absolute atomic E-state index is 0.0123. The number of carbonyl (C=O) groups excluding carboxylic acids is 1. The zero-order valence-electron chi connectivity index (χ0n) is 15.7. The van der Waals surface area contributed by atoms with Crippen LogP contribution in [0.4, 0.5) is 5.69 Å². The Kier molecular flexibility index (Phi) is 5.37. The summed E-state index contributed by atoms with van der Waals surface area (Å²) in [6.07, 6.45) is 1.76. The van der Waals surface area contributed by atoms with Crippen molar-refractivity contribution in [3.05, 3.63) is 60.1 Å². The number of allylic oxidation sites excluding steroid dienone is 1. The molecule has 2 aromatic heterocycles. The standard InChI is InChI=1S/C20H19N3O3S3/c1-3-14(24)11-15-12-21-20(28-15)16-10-13-6-4-7-17(19(13)22-16)23(2)29(25,26)18-8-5-9-27-18/h3-10,15,22H,1,11-12H2,2H3. The van der Waals surface area contributed by atoms with E-state index >= 15 is 0 Å². The molecule has 0 bridgehead atoms. The van der Waals surface area contributed by atoms with Gasteiger partial charge in [0.1, 0.15) is 9.25 Å². The van der Waals surface area contributed by atoms with Crippen molar-refractivity contribution >= 4 is 60.5 Å². The normalized spacial score (nSPS) is 16.7. The zero-order chi connectivity index (χ0) is 20.6. The van der Waals surface area contributed by atoms with Crippen molar-refractivity contribution in [2.24, 2.45) is 4.99 Å². The lowest BCUT2D eigenvalue weighted by Gasteiger charge is -2.19. The average Bonchev–Trinajstić information content (AvgIpc) is 3.46. The molecule has 0 fully saturated rings. The molecular weight excluding hydrogens is 426 g/mol. The van der Waals surface area contributed by atoms with Gasteiger partial charge < -0.3 is 4.98 Å². The number of benzene rings is 1. The molecule has 29 heavy (non-hydrogen) atoms. The van der Waals surface area contributed by atoms with Crippen molar-refractivity contribution in [1.29, 1.82) is 0 Å². The number of para-hydroxylation sites is 1. The van der Waals surface area contributed by atoms with E-state index in [1.165, 1.54) is 21.7 Å². The number of hydrogen-bond donors (Lipinski definition) is 1. The minimum atomic E-state index is -3.63. The number of aliphatic imine (C=N–C) groups is 1. The number of carbonyl (C=O) groups is 1. The van der Waals surface area contributed by atoms with E-state index in [1.807, 2.05) is 18.2 Å². The number of ketones is 1. The van der Waals surface area contributed by atoms with E-state index in [4.69, 9.17) is 0 Å². The molecule has 4 rings (SSSR count). The summed E-state index contributed by atoms with van der Waals surface area (Å²) in [5.41, 5.74) is 2.14.